The van der Waals surface area contributed by atoms with E-state index in [1.807, 2.05) is 6.07 Å². The molecular formula is C19H13ClF2N8O. The molecule has 0 saturated carbocycles. The summed E-state index contributed by atoms with van der Waals surface area (Å²) in [4.78, 5) is 9.43. The van der Waals surface area contributed by atoms with Gasteiger partial charge in [-0.2, -0.15) is 10.1 Å². The van der Waals surface area contributed by atoms with Crippen molar-refractivity contribution in [3.8, 4) is 22.9 Å². The number of aryl methyl sites for hydroxylation is 1. The number of rotatable bonds is 4. The number of tetrazole rings is 1. The number of ether oxygens (including phenoxy) is 1. The predicted octanol–water partition coefficient (Wildman–Crippen LogP) is 3.35. The molecule has 0 radical (unpaired) electrons. The normalized spacial score (nSPS) is 12.0. The molecule has 0 aliphatic carbocycles. The van der Waals surface area contributed by atoms with E-state index >= 15 is 0 Å². The average molecular weight is 443 g/mol. The molecule has 9 nitrogen and oxygen atoms in total. The number of nitriles is 1. The topological polar surface area (TPSA) is 128 Å². The van der Waals surface area contributed by atoms with Crippen LogP contribution in [0, 0.1) is 23.0 Å². The number of anilines is 1. The molecular weight excluding hydrogens is 430 g/mol. The van der Waals surface area contributed by atoms with Crippen LogP contribution in [-0.4, -0.2) is 30.2 Å². The van der Waals surface area contributed by atoms with Crippen LogP contribution in [0.5, 0.6) is 5.75 Å². The van der Waals surface area contributed by atoms with Crippen molar-refractivity contribution in [2.75, 3.05) is 5.73 Å². The zero-order chi connectivity index (χ0) is 22.3. The molecule has 156 valence electrons. The van der Waals surface area contributed by atoms with E-state index in [4.69, 9.17) is 22.1 Å². The van der Waals surface area contributed by atoms with Crippen molar-refractivity contribution in [1.82, 2.24) is 30.2 Å². The maximum Gasteiger partial charge on any atom is 0.214 e. The van der Waals surface area contributed by atoms with Crippen molar-refractivity contribution in [1.29, 1.82) is 5.26 Å². The van der Waals surface area contributed by atoms with E-state index in [1.165, 1.54) is 23.3 Å². The number of nitrogens with zero attached hydrogens (tertiary/aromatic N) is 7. The van der Waals surface area contributed by atoms with E-state index in [0.717, 1.165) is 6.07 Å². The molecule has 0 amide bonds. The van der Waals surface area contributed by atoms with E-state index in [0.29, 0.717) is 0 Å². The van der Waals surface area contributed by atoms with Gasteiger partial charge in [0.2, 0.25) is 5.82 Å². The van der Waals surface area contributed by atoms with Gasteiger partial charge in [-0.05, 0) is 30.3 Å². The van der Waals surface area contributed by atoms with Gasteiger partial charge < -0.3 is 10.5 Å². The average Bonchev–Trinajstić information content (AvgIpc) is 3.19. The molecule has 2 N–H and O–H groups in total. The van der Waals surface area contributed by atoms with Crippen molar-refractivity contribution in [3.05, 3.63) is 52.6 Å². The quantitative estimate of drug-likeness (QED) is 0.476. The maximum atomic E-state index is 14.8. The summed E-state index contributed by atoms with van der Waals surface area (Å²) in [6, 6.07) is 5.60. The largest absolute Gasteiger partial charge is 0.480 e. The summed E-state index contributed by atoms with van der Waals surface area (Å²) >= 11 is 5.74. The van der Waals surface area contributed by atoms with E-state index in [1.54, 1.807) is 14.0 Å². The Hall–Kier alpha value is -3.91. The Morgan fingerprint density at radius 1 is 1.26 bits per heavy atom. The molecule has 4 aromatic rings. The SMILES string of the molecule is C[C@@H](Oc1c(C#N)cc(-c2ccc(F)c(Cl)c2F)c2ncnc(N)c12)c1nnn(C)n1. The van der Waals surface area contributed by atoms with Gasteiger partial charge in [-0.25, -0.2) is 18.7 Å². The van der Waals surface area contributed by atoms with E-state index in [-0.39, 0.29) is 45.0 Å². The molecule has 0 aliphatic rings. The predicted molar refractivity (Wildman–Crippen MR) is 107 cm³/mol. The lowest BCUT2D eigenvalue weighted by atomic mass is 9.97. The number of benzene rings is 2. The number of hydrogen-bond acceptors (Lipinski definition) is 8. The minimum atomic E-state index is -0.991. The smallest absolute Gasteiger partial charge is 0.214 e. The lowest BCUT2D eigenvalue weighted by molar-refractivity contribution is 0.218. The highest BCUT2D eigenvalue weighted by molar-refractivity contribution is 6.31. The first-order chi connectivity index (χ1) is 14.8. The minimum absolute atomic E-state index is 0.00581. The Bertz CT molecular complexity index is 1370. The van der Waals surface area contributed by atoms with E-state index in [9.17, 15) is 14.0 Å². The molecule has 0 aliphatic heterocycles. The van der Waals surface area contributed by atoms with Gasteiger partial charge in [0.15, 0.2) is 17.7 Å². The molecule has 0 spiro atoms. The first-order valence-corrected chi connectivity index (χ1v) is 9.21. The van der Waals surface area contributed by atoms with Crippen LogP contribution in [0.25, 0.3) is 22.0 Å². The number of nitrogen functional groups attached to an aromatic ring is 1. The van der Waals surface area contributed by atoms with Crippen LogP contribution in [0.4, 0.5) is 14.6 Å². The van der Waals surface area contributed by atoms with Crippen LogP contribution in [0.15, 0.2) is 24.5 Å². The summed E-state index contributed by atoms with van der Waals surface area (Å²) in [6.07, 6.45) is 0.486. The summed E-state index contributed by atoms with van der Waals surface area (Å²) < 4.78 is 34.4. The summed E-state index contributed by atoms with van der Waals surface area (Å²) in [5.74, 6) is -1.54. The Balaban J connectivity index is 1.97. The Kier molecular flexibility index (Phi) is 5.08. The molecule has 4 rings (SSSR count). The number of fused-ring (bicyclic) bond motifs is 1. The Labute approximate surface area is 179 Å². The number of nitrogens with two attached hydrogens (primary N) is 1. The van der Waals surface area contributed by atoms with Crippen molar-refractivity contribution in [2.45, 2.75) is 13.0 Å². The fourth-order valence-electron chi connectivity index (χ4n) is 3.08. The number of aromatic nitrogens is 6. The third-order valence-electron chi connectivity index (χ3n) is 4.52. The van der Waals surface area contributed by atoms with Crippen LogP contribution in [0.2, 0.25) is 5.02 Å². The lowest BCUT2D eigenvalue weighted by Crippen LogP contribution is -2.09. The second kappa shape index (κ2) is 7.73. The van der Waals surface area contributed by atoms with Gasteiger partial charge in [0.05, 0.1) is 23.5 Å². The van der Waals surface area contributed by atoms with Crippen molar-refractivity contribution in [3.63, 3.8) is 0 Å². The van der Waals surface area contributed by atoms with Crippen LogP contribution in [-0.2, 0) is 7.05 Å². The van der Waals surface area contributed by atoms with Gasteiger partial charge >= 0.3 is 0 Å². The van der Waals surface area contributed by atoms with Gasteiger partial charge in [-0.15, -0.1) is 10.2 Å². The lowest BCUT2D eigenvalue weighted by Gasteiger charge is -2.18. The monoisotopic (exact) mass is 442 g/mol. The minimum Gasteiger partial charge on any atom is -0.480 e. The highest BCUT2D eigenvalue weighted by Gasteiger charge is 2.24. The highest BCUT2D eigenvalue weighted by atomic mass is 35.5. The Morgan fingerprint density at radius 2 is 2.03 bits per heavy atom. The first kappa shape index (κ1) is 20.4. The van der Waals surface area contributed by atoms with Gasteiger partial charge in [-0.1, -0.05) is 11.6 Å². The van der Waals surface area contributed by atoms with Crippen LogP contribution >= 0.6 is 11.6 Å². The molecule has 2 aromatic carbocycles. The molecule has 0 saturated heterocycles. The summed E-state index contributed by atoms with van der Waals surface area (Å²) in [5.41, 5.74) is 6.42. The fraction of sp³-hybridized carbons (Fsp3) is 0.158. The molecule has 12 heteroatoms. The highest BCUT2D eigenvalue weighted by Crippen LogP contribution is 2.41. The summed E-state index contributed by atoms with van der Waals surface area (Å²) in [6.45, 7) is 1.66. The standard InChI is InChI=1S/C19H13ClF2N8O/c1-8(19-27-29-30(2)28-19)31-17-9(6-23)5-11(16-13(17)18(24)26-7-25-16)10-3-4-12(21)14(20)15(10)22/h3-5,7-8H,1-2H3,(H2,24,25,26)/t8-/m1/s1. The first-order valence-electron chi connectivity index (χ1n) is 8.83. The zero-order valence-corrected chi connectivity index (χ0v) is 16.9. The van der Waals surface area contributed by atoms with Gasteiger partial charge in [0, 0.05) is 11.1 Å². The fourth-order valence-corrected chi connectivity index (χ4v) is 3.24. The van der Waals surface area contributed by atoms with Gasteiger partial charge in [0.1, 0.15) is 29.1 Å². The molecule has 2 heterocycles. The van der Waals surface area contributed by atoms with Crippen LogP contribution < -0.4 is 10.5 Å². The third-order valence-corrected chi connectivity index (χ3v) is 4.87. The second-order valence-electron chi connectivity index (χ2n) is 6.52. The second-order valence-corrected chi connectivity index (χ2v) is 6.89. The summed E-state index contributed by atoms with van der Waals surface area (Å²) in [7, 11) is 1.60. The molecule has 0 unspecified atom stereocenters. The maximum absolute atomic E-state index is 14.8. The van der Waals surface area contributed by atoms with Crippen LogP contribution in [0.1, 0.15) is 24.4 Å². The third kappa shape index (κ3) is 3.47. The zero-order valence-electron chi connectivity index (χ0n) is 16.1. The van der Waals surface area contributed by atoms with E-state index in [2.05, 4.69) is 25.4 Å². The van der Waals surface area contributed by atoms with Crippen molar-refractivity contribution >= 4 is 28.3 Å². The molecule has 0 fully saturated rings. The Morgan fingerprint density at radius 3 is 2.71 bits per heavy atom. The van der Waals surface area contributed by atoms with Gasteiger partial charge in [-0.3, -0.25) is 0 Å². The molecule has 2 aromatic heterocycles. The van der Waals surface area contributed by atoms with Crippen LogP contribution in [0.3, 0.4) is 0 Å². The van der Waals surface area contributed by atoms with Crippen molar-refractivity contribution < 1.29 is 13.5 Å². The van der Waals surface area contributed by atoms with Crippen molar-refractivity contribution in [2.24, 2.45) is 7.05 Å². The number of halogens is 3. The number of hydrogen-bond donors (Lipinski definition) is 1. The molecule has 0 bridgehead atoms. The molecule has 1 atom stereocenters. The summed E-state index contributed by atoms with van der Waals surface area (Å²) in [5, 5.41) is 21.0. The van der Waals surface area contributed by atoms with E-state index < -0.39 is 22.8 Å². The molecule has 31 heavy (non-hydrogen) atoms. The van der Waals surface area contributed by atoms with Gasteiger partial charge in [0.25, 0.3) is 0 Å².